The molecule has 1 aromatic carbocycles. The first-order valence-electron chi connectivity index (χ1n) is 11.8. The predicted molar refractivity (Wildman–Crippen MR) is 132 cm³/mol. The first-order chi connectivity index (χ1) is 16.6. The SMILES string of the molecule is Cn1cc(CN2CC3CC(C2)c2ccc(NC(=O)c4ccncc4)c(=O)n2C3)c2ccccc21. The van der Waals surface area contributed by atoms with E-state index in [4.69, 9.17) is 0 Å². The highest BCUT2D eigenvalue weighted by atomic mass is 16.2. The van der Waals surface area contributed by atoms with E-state index < -0.39 is 0 Å². The Morgan fingerprint density at radius 2 is 1.88 bits per heavy atom. The van der Waals surface area contributed by atoms with Crippen LogP contribution in [0.1, 0.15) is 34.0 Å². The maximum atomic E-state index is 13.3. The zero-order valence-corrected chi connectivity index (χ0v) is 19.1. The van der Waals surface area contributed by atoms with Gasteiger partial charge in [0.15, 0.2) is 0 Å². The predicted octanol–water partition coefficient (Wildman–Crippen LogP) is 3.61. The van der Waals surface area contributed by atoms with Crippen LogP contribution >= 0.6 is 0 Å². The molecule has 6 rings (SSSR count). The topological polar surface area (TPSA) is 72.2 Å². The monoisotopic (exact) mass is 453 g/mol. The summed E-state index contributed by atoms with van der Waals surface area (Å²) in [7, 11) is 2.10. The Balaban J connectivity index is 1.23. The molecule has 1 saturated heterocycles. The van der Waals surface area contributed by atoms with Gasteiger partial charge in [0.25, 0.3) is 11.5 Å². The summed E-state index contributed by atoms with van der Waals surface area (Å²) in [6, 6.07) is 15.6. The number of rotatable bonds is 4. The molecule has 2 atom stereocenters. The molecule has 2 aliphatic heterocycles. The van der Waals surface area contributed by atoms with E-state index in [1.165, 1.54) is 16.5 Å². The quantitative estimate of drug-likeness (QED) is 0.513. The molecule has 2 unspecified atom stereocenters. The number of piperidine rings is 1. The van der Waals surface area contributed by atoms with Crippen LogP contribution in [0.3, 0.4) is 0 Å². The average molecular weight is 454 g/mol. The Hall–Kier alpha value is -3.71. The van der Waals surface area contributed by atoms with Crippen molar-refractivity contribution in [3.8, 4) is 0 Å². The van der Waals surface area contributed by atoms with Gasteiger partial charge >= 0.3 is 0 Å². The third kappa shape index (κ3) is 3.62. The molecule has 1 fully saturated rings. The van der Waals surface area contributed by atoms with Gasteiger partial charge in [-0.25, -0.2) is 0 Å². The molecule has 0 radical (unpaired) electrons. The van der Waals surface area contributed by atoms with Crippen molar-refractivity contribution in [1.29, 1.82) is 0 Å². The Bertz CT molecular complexity index is 1440. The minimum Gasteiger partial charge on any atom is -0.350 e. The van der Waals surface area contributed by atoms with Crippen molar-refractivity contribution in [2.45, 2.75) is 25.4 Å². The van der Waals surface area contributed by atoms with Crippen LogP contribution in [0.2, 0.25) is 0 Å². The molecule has 0 spiro atoms. The van der Waals surface area contributed by atoms with Crippen molar-refractivity contribution in [2.24, 2.45) is 13.0 Å². The number of amides is 1. The van der Waals surface area contributed by atoms with Gasteiger partial charge in [0.1, 0.15) is 5.69 Å². The number of carbonyl (C=O) groups excluding carboxylic acids is 1. The average Bonchev–Trinajstić information content (AvgIpc) is 3.17. The molecule has 1 N–H and O–H groups in total. The summed E-state index contributed by atoms with van der Waals surface area (Å²) in [6.45, 7) is 3.51. The number of nitrogens with zero attached hydrogens (tertiary/aromatic N) is 4. The third-order valence-corrected chi connectivity index (χ3v) is 7.24. The molecule has 7 nitrogen and oxygen atoms in total. The molecule has 1 amide bonds. The van der Waals surface area contributed by atoms with Gasteiger partial charge in [0.05, 0.1) is 0 Å². The molecule has 0 aliphatic carbocycles. The van der Waals surface area contributed by atoms with Crippen molar-refractivity contribution in [2.75, 3.05) is 18.4 Å². The van der Waals surface area contributed by atoms with E-state index in [-0.39, 0.29) is 11.5 Å². The number of likely N-dealkylation sites (tertiary alicyclic amines) is 1. The Morgan fingerprint density at radius 3 is 2.74 bits per heavy atom. The number of pyridine rings is 2. The fourth-order valence-electron chi connectivity index (χ4n) is 5.76. The fourth-order valence-corrected chi connectivity index (χ4v) is 5.76. The Labute approximate surface area is 197 Å². The van der Waals surface area contributed by atoms with E-state index in [0.29, 0.717) is 29.6 Å². The summed E-state index contributed by atoms with van der Waals surface area (Å²) in [5.41, 5.74) is 4.39. The highest BCUT2D eigenvalue weighted by molar-refractivity contribution is 6.04. The van der Waals surface area contributed by atoms with Crippen LogP contribution in [0.15, 0.2) is 71.9 Å². The van der Waals surface area contributed by atoms with Crippen LogP contribution in [-0.4, -0.2) is 38.0 Å². The van der Waals surface area contributed by atoms with E-state index >= 15 is 0 Å². The Morgan fingerprint density at radius 1 is 1.06 bits per heavy atom. The van der Waals surface area contributed by atoms with E-state index in [1.54, 1.807) is 30.6 Å². The van der Waals surface area contributed by atoms with Gasteiger partial charge in [0.2, 0.25) is 0 Å². The summed E-state index contributed by atoms with van der Waals surface area (Å²) in [6.07, 6.45) is 6.49. The van der Waals surface area contributed by atoms with Crippen molar-refractivity contribution in [3.05, 3.63) is 94.3 Å². The van der Waals surface area contributed by atoms with Gasteiger partial charge in [-0.1, -0.05) is 18.2 Å². The highest BCUT2D eigenvalue weighted by Crippen LogP contribution is 2.36. The lowest BCUT2D eigenvalue weighted by molar-refractivity contribution is 0.102. The zero-order valence-electron chi connectivity index (χ0n) is 19.1. The summed E-state index contributed by atoms with van der Waals surface area (Å²) >= 11 is 0. The minimum atomic E-state index is -0.294. The Kier molecular flexibility index (Phi) is 5.07. The van der Waals surface area contributed by atoms with E-state index in [1.807, 2.05) is 10.6 Å². The molecule has 2 bridgehead atoms. The lowest BCUT2D eigenvalue weighted by Crippen LogP contribution is -2.47. The van der Waals surface area contributed by atoms with Gasteiger partial charge < -0.3 is 14.5 Å². The molecule has 2 aliphatic rings. The zero-order chi connectivity index (χ0) is 23.2. The van der Waals surface area contributed by atoms with Crippen LogP contribution in [-0.2, 0) is 20.1 Å². The molecule has 5 heterocycles. The molecule has 0 saturated carbocycles. The van der Waals surface area contributed by atoms with E-state index in [9.17, 15) is 9.59 Å². The molecule has 172 valence electrons. The smallest absolute Gasteiger partial charge is 0.274 e. The highest BCUT2D eigenvalue weighted by Gasteiger charge is 2.35. The second-order valence-electron chi connectivity index (χ2n) is 9.55. The van der Waals surface area contributed by atoms with Crippen molar-refractivity contribution in [3.63, 3.8) is 0 Å². The van der Waals surface area contributed by atoms with Gasteiger partial charge in [0, 0.05) is 79.9 Å². The van der Waals surface area contributed by atoms with Gasteiger partial charge in [-0.3, -0.25) is 19.5 Å². The number of hydrogen-bond donors (Lipinski definition) is 1. The molecule has 3 aromatic heterocycles. The van der Waals surface area contributed by atoms with Gasteiger partial charge in [-0.2, -0.15) is 0 Å². The van der Waals surface area contributed by atoms with Crippen molar-refractivity contribution >= 4 is 22.5 Å². The van der Waals surface area contributed by atoms with Crippen molar-refractivity contribution < 1.29 is 4.79 Å². The van der Waals surface area contributed by atoms with Gasteiger partial charge in [-0.15, -0.1) is 0 Å². The summed E-state index contributed by atoms with van der Waals surface area (Å²) in [5, 5.41) is 4.10. The van der Waals surface area contributed by atoms with Crippen LogP contribution in [0.4, 0.5) is 5.69 Å². The maximum Gasteiger partial charge on any atom is 0.274 e. The van der Waals surface area contributed by atoms with Crippen LogP contribution < -0.4 is 10.9 Å². The summed E-state index contributed by atoms with van der Waals surface area (Å²) in [4.78, 5) is 32.3. The third-order valence-electron chi connectivity index (χ3n) is 7.24. The number of para-hydroxylation sites is 1. The van der Waals surface area contributed by atoms with E-state index in [2.05, 4.69) is 57.3 Å². The summed E-state index contributed by atoms with van der Waals surface area (Å²) < 4.78 is 4.09. The number of carbonyl (C=O) groups is 1. The second-order valence-corrected chi connectivity index (χ2v) is 9.55. The first-order valence-corrected chi connectivity index (χ1v) is 11.8. The van der Waals surface area contributed by atoms with Crippen molar-refractivity contribution in [1.82, 2.24) is 19.0 Å². The number of benzene rings is 1. The van der Waals surface area contributed by atoms with Crippen LogP contribution in [0.5, 0.6) is 0 Å². The maximum absolute atomic E-state index is 13.3. The second kappa shape index (κ2) is 8.25. The number of aryl methyl sites for hydroxylation is 1. The number of anilines is 1. The van der Waals surface area contributed by atoms with E-state index in [0.717, 1.165) is 31.7 Å². The first kappa shape index (κ1) is 20.9. The summed E-state index contributed by atoms with van der Waals surface area (Å²) in [5.74, 6) is 0.447. The molecular formula is C27H27N5O2. The number of hydrogen-bond acceptors (Lipinski definition) is 4. The van der Waals surface area contributed by atoms with Gasteiger partial charge in [-0.05, 0) is 48.2 Å². The lowest BCUT2D eigenvalue weighted by Gasteiger charge is -2.43. The minimum absolute atomic E-state index is 0.114. The number of nitrogens with one attached hydrogen (secondary N) is 1. The fraction of sp³-hybridized carbons (Fsp3) is 0.296. The molecule has 7 heteroatoms. The molecule has 4 aromatic rings. The molecule has 34 heavy (non-hydrogen) atoms. The standard InChI is InChI=1S/C27H27N5O2/c1-30-15-21(22-4-2-3-5-25(22)30)17-31-13-18-12-20(16-31)24-7-6-23(27(34)32(24)14-18)29-26(33)19-8-10-28-11-9-19/h2-11,15,18,20H,12-14,16-17H2,1H3,(H,29,33). The lowest BCUT2D eigenvalue weighted by atomic mass is 9.83. The van der Waals surface area contributed by atoms with Crippen LogP contribution in [0, 0.1) is 5.92 Å². The largest absolute Gasteiger partial charge is 0.350 e. The van der Waals surface area contributed by atoms with Crippen LogP contribution in [0.25, 0.3) is 10.9 Å². The number of aromatic nitrogens is 3. The normalized spacial score (nSPS) is 19.7. The number of fused-ring (bicyclic) bond motifs is 5. The molecular weight excluding hydrogens is 426 g/mol.